The molecular weight excluding hydrogens is 251 g/mol. The van der Waals surface area contributed by atoms with E-state index in [2.05, 4.69) is 0 Å². The molecule has 1 aromatic rings. The molecule has 0 aliphatic rings. The van der Waals surface area contributed by atoms with Crippen molar-refractivity contribution in [3.05, 3.63) is 28.2 Å². The molecule has 0 aromatic heterocycles. The molecular formula is C11H12Cl2O3. The van der Waals surface area contributed by atoms with Crippen molar-refractivity contribution in [2.45, 2.75) is 20.0 Å². The van der Waals surface area contributed by atoms with Gasteiger partial charge in [0.1, 0.15) is 5.75 Å². The molecule has 0 bridgehead atoms. The highest BCUT2D eigenvalue weighted by atomic mass is 35.5. The predicted octanol–water partition coefficient (Wildman–Crippen LogP) is 3.32. The Morgan fingerprint density at radius 2 is 1.81 bits per heavy atom. The van der Waals surface area contributed by atoms with Crippen LogP contribution in [-0.2, 0) is 9.53 Å². The Hall–Kier alpha value is -0.930. The molecule has 0 fully saturated rings. The molecule has 0 N–H and O–H groups in total. The molecule has 0 aliphatic carbocycles. The number of carbonyl (C=O) groups excluding carboxylic acids is 1. The summed E-state index contributed by atoms with van der Waals surface area (Å²) in [5.74, 6) is 0.0179. The number of rotatable bonds is 4. The van der Waals surface area contributed by atoms with E-state index in [4.69, 9.17) is 32.7 Å². The van der Waals surface area contributed by atoms with Crippen molar-refractivity contribution in [1.82, 2.24) is 0 Å². The maximum absolute atomic E-state index is 11.2. The number of hydrogen-bond donors (Lipinski definition) is 0. The molecule has 0 heterocycles. The highest BCUT2D eigenvalue weighted by Gasteiger charge is 2.07. The van der Waals surface area contributed by atoms with Crippen LogP contribution in [0, 0.1) is 0 Å². The lowest BCUT2D eigenvalue weighted by molar-refractivity contribution is -0.149. The first-order chi connectivity index (χ1) is 7.47. The van der Waals surface area contributed by atoms with E-state index in [0.29, 0.717) is 15.8 Å². The number of esters is 1. The molecule has 0 amide bonds. The number of benzene rings is 1. The Bertz CT molecular complexity index is 357. The molecule has 5 heteroatoms. The monoisotopic (exact) mass is 262 g/mol. The van der Waals surface area contributed by atoms with Crippen molar-refractivity contribution in [2.75, 3.05) is 6.61 Å². The standard InChI is InChI=1S/C11H12Cl2O3/c1-7(2)16-11(14)6-15-10-4-8(12)3-9(13)5-10/h3-5,7H,6H2,1-2H3. The smallest absolute Gasteiger partial charge is 0.344 e. The quantitative estimate of drug-likeness (QED) is 0.781. The van der Waals surface area contributed by atoms with Gasteiger partial charge in [-0.3, -0.25) is 0 Å². The minimum absolute atomic E-state index is 0.154. The van der Waals surface area contributed by atoms with Gasteiger partial charge < -0.3 is 9.47 Å². The zero-order chi connectivity index (χ0) is 12.1. The second kappa shape index (κ2) is 5.97. The van der Waals surface area contributed by atoms with Crippen molar-refractivity contribution in [3.63, 3.8) is 0 Å². The van der Waals surface area contributed by atoms with Crippen molar-refractivity contribution in [1.29, 1.82) is 0 Å². The molecule has 1 rings (SSSR count). The topological polar surface area (TPSA) is 35.5 Å². The molecule has 0 spiro atoms. The SMILES string of the molecule is CC(C)OC(=O)COc1cc(Cl)cc(Cl)c1. The second-order valence-electron chi connectivity index (χ2n) is 3.43. The lowest BCUT2D eigenvalue weighted by atomic mass is 10.3. The molecule has 0 saturated heterocycles. The maximum Gasteiger partial charge on any atom is 0.344 e. The summed E-state index contributed by atoms with van der Waals surface area (Å²) in [6.07, 6.45) is -0.154. The first kappa shape index (κ1) is 13.1. The molecule has 0 radical (unpaired) electrons. The predicted molar refractivity (Wildman–Crippen MR) is 63.2 cm³/mol. The molecule has 16 heavy (non-hydrogen) atoms. The number of carbonyl (C=O) groups is 1. The molecule has 0 unspecified atom stereocenters. The average molecular weight is 263 g/mol. The van der Waals surface area contributed by atoms with Crippen LogP contribution in [0.5, 0.6) is 5.75 Å². The highest BCUT2D eigenvalue weighted by molar-refractivity contribution is 6.34. The average Bonchev–Trinajstić information content (AvgIpc) is 2.12. The summed E-state index contributed by atoms with van der Waals surface area (Å²) in [5.41, 5.74) is 0. The van der Waals surface area contributed by atoms with Crippen molar-refractivity contribution in [3.8, 4) is 5.75 Å². The fourth-order valence-electron chi connectivity index (χ4n) is 1.05. The van der Waals surface area contributed by atoms with E-state index < -0.39 is 5.97 Å². The fraction of sp³-hybridized carbons (Fsp3) is 0.364. The zero-order valence-corrected chi connectivity index (χ0v) is 10.5. The molecule has 1 aromatic carbocycles. The Morgan fingerprint density at radius 3 is 2.31 bits per heavy atom. The van der Waals surface area contributed by atoms with E-state index in [9.17, 15) is 4.79 Å². The minimum Gasteiger partial charge on any atom is -0.482 e. The summed E-state index contributed by atoms with van der Waals surface area (Å²) >= 11 is 11.5. The van der Waals surface area contributed by atoms with E-state index in [0.717, 1.165) is 0 Å². The van der Waals surface area contributed by atoms with Crippen LogP contribution in [0.3, 0.4) is 0 Å². The highest BCUT2D eigenvalue weighted by Crippen LogP contribution is 2.24. The number of halogens is 2. The van der Waals surface area contributed by atoms with Gasteiger partial charge >= 0.3 is 5.97 Å². The minimum atomic E-state index is -0.425. The number of hydrogen-bond acceptors (Lipinski definition) is 3. The number of ether oxygens (including phenoxy) is 2. The van der Waals surface area contributed by atoms with Crippen molar-refractivity contribution >= 4 is 29.2 Å². The third-order valence-corrected chi connectivity index (χ3v) is 2.00. The van der Waals surface area contributed by atoms with Crippen molar-refractivity contribution in [2.24, 2.45) is 0 Å². The van der Waals surface area contributed by atoms with Gasteiger partial charge in [-0.1, -0.05) is 23.2 Å². The third kappa shape index (κ3) is 4.73. The van der Waals surface area contributed by atoms with Crippen LogP contribution in [0.25, 0.3) is 0 Å². The second-order valence-corrected chi connectivity index (χ2v) is 4.31. The van der Waals surface area contributed by atoms with Crippen LogP contribution in [0.4, 0.5) is 0 Å². The van der Waals surface area contributed by atoms with Gasteiger partial charge in [0.05, 0.1) is 6.10 Å². The largest absolute Gasteiger partial charge is 0.482 e. The fourth-order valence-corrected chi connectivity index (χ4v) is 1.56. The molecule has 0 atom stereocenters. The van der Waals surface area contributed by atoms with Gasteiger partial charge in [0.2, 0.25) is 0 Å². The van der Waals surface area contributed by atoms with Crippen LogP contribution in [0.1, 0.15) is 13.8 Å². The lowest BCUT2D eigenvalue weighted by Gasteiger charge is -2.09. The Kier molecular flexibility index (Phi) is 4.90. The normalized spacial score (nSPS) is 10.3. The third-order valence-electron chi connectivity index (χ3n) is 1.56. The summed E-state index contributed by atoms with van der Waals surface area (Å²) in [7, 11) is 0. The first-order valence-corrected chi connectivity index (χ1v) is 5.51. The van der Waals surface area contributed by atoms with Gasteiger partial charge in [-0.2, -0.15) is 0 Å². The van der Waals surface area contributed by atoms with E-state index in [1.807, 2.05) is 0 Å². The van der Waals surface area contributed by atoms with Crippen LogP contribution < -0.4 is 4.74 Å². The maximum atomic E-state index is 11.2. The first-order valence-electron chi connectivity index (χ1n) is 4.76. The van der Waals surface area contributed by atoms with Crippen molar-refractivity contribution < 1.29 is 14.3 Å². The summed E-state index contributed by atoms with van der Waals surface area (Å²) < 4.78 is 10.1. The summed E-state index contributed by atoms with van der Waals surface area (Å²) in [4.78, 5) is 11.2. The van der Waals surface area contributed by atoms with Gasteiger partial charge in [-0.25, -0.2) is 4.79 Å². The van der Waals surface area contributed by atoms with Crippen LogP contribution >= 0.6 is 23.2 Å². The zero-order valence-electron chi connectivity index (χ0n) is 9.00. The molecule has 88 valence electrons. The van der Waals surface area contributed by atoms with E-state index in [1.54, 1.807) is 32.0 Å². The van der Waals surface area contributed by atoms with E-state index >= 15 is 0 Å². The molecule has 3 nitrogen and oxygen atoms in total. The van der Waals surface area contributed by atoms with Crippen LogP contribution in [0.2, 0.25) is 10.0 Å². The lowest BCUT2D eigenvalue weighted by Crippen LogP contribution is -2.18. The molecule has 0 saturated carbocycles. The van der Waals surface area contributed by atoms with Gasteiger partial charge in [-0.15, -0.1) is 0 Å². The Labute approximate surface area is 104 Å². The molecule has 0 aliphatic heterocycles. The van der Waals surface area contributed by atoms with Gasteiger partial charge in [0.15, 0.2) is 6.61 Å². The van der Waals surface area contributed by atoms with Gasteiger partial charge in [0, 0.05) is 10.0 Å². The Morgan fingerprint density at radius 1 is 1.25 bits per heavy atom. The summed E-state index contributed by atoms with van der Waals surface area (Å²) in [5, 5.41) is 0.916. The Balaban J connectivity index is 2.51. The summed E-state index contributed by atoms with van der Waals surface area (Å²) in [6.45, 7) is 3.39. The van der Waals surface area contributed by atoms with Crippen LogP contribution in [-0.4, -0.2) is 18.7 Å². The van der Waals surface area contributed by atoms with Crippen LogP contribution in [0.15, 0.2) is 18.2 Å². The summed E-state index contributed by atoms with van der Waals surface area (Å²) in [6, 6.07) is 4.74. The van der Waals surface area contributed by atoms with E-state index in [1.165, 1.54) is 0 Å². The van der Waals surface area contributed by atoms with Gasteiger partial charge in [-0.05, 0) is 32.0 Å². The van der Waals surface area contributed by atoms with E-state index in [-0.39, 0.29) is 12.7 Å². The van der Waals surface area contributed by atoms with Gasteiger partial charge in [0.25, 0.3) is 0 Å².